The number of hydrogen-bond acceptors (Lipinski definition) is 4. The first-order valence-corrected chi connectivity index (χ1v) is 9.09. The highest BCUT2D eigenvalue weighted by Gasteiger charge is 2.28. The lowest BCUT2D eigenvalue weighted by Crippen LogP contribution is -2.47. The molecule has 3 rings (SSSR count). The fourth-order valence-electron chi connectivity index (χ4n) is 2.54. The molecule has 1 saturated heterocycles. The van der Waals surface area contributed by atoms with Crippen LogP contribution in [-0.2, 0) is 4.79 Å². The molecular formula is C16H17Cl2N3OS. The van der Waals surface area contributed by atoms with Crippen molar-refractivity contribution < 1.29 is 4.79 Å². The van der Waals surface area contributed by atoms with Gasteiger partial charge in [-0.25, -0.2) is 0 Å². The molecule has 1 aromatic carbocycles. The largest absolute Gasteiger partial charge is 0.348 e. The van der Waals surface area contributed by atoms with E-state index in [2.05, 4.69) is 21.7 Å². The van der Waals surface area contributed by atoms with Gasteiger partial charge >= 0.3 is 0 Å². The number of piperazine rings is 1. The number of nitrogens with zero attached hydrogens (tertiary/aromatic N) is 3. The van der Waals surface area contributed by atoms with E-state index in [4.69, 9.17) is 23.2 Å². The summed E-state index contributed by atoms with van der Waals surface area (Å²) in [6.07, 6.45) is 1.81. The van der Waals surface area contributed by atoms with E-state index in [0.29, 0.717) is 15.0 Å². The summed E-state index contributed by atoms with van der Waals surface area (Å²) in [4.78, 5) is 21.5. The third-order valence-electron chi connectivity index (χ3n) is 3.94. The van der Waals surface area contributed by atoms with Gasteiger partial charge in [-0.2, -0.15) is 4.99 Å². The van der Waals surface area contributed by atoms with Gasteiger partial charge in [0.1, 0.15) is 0 Å². The van der Waals surface area contributed by atoms with Crippen molar-refractivity contribution in [2.75, 3.05) is 32.7 Å². The third kappa shape index (κ3) is 3.91. The van der Waals surface area contributed by atoms with Crippen molar-refractivity contribution in [3.8, 4) is 0 Å². The number of aliphatic imine (C=N–C) groups is 1. The first kappa shape index (κ1) is 16.8. The molecule has 1 fully saturated rings. The van der Waals surface area contributed by atoms with Gasteiger partial charge in [-0.1, -0.05) is 36.2 Å². The number of thioether (sulfide) groups is 1. The number of halogens is 2. The SMILES string of the molecule is CCN1CCN(C2=NC(=O)/C(=C/c3ccc(Cl)c(Cl)c3)S2)CC1. The van der Waals surface area contributed by atoms with E-state index in [1.807, 2.05) is 12.1 Å². The monoisotopic (exact) mass is 369 g/mol. The number of amidine groups is 1. The van der Waals surface area contributed by atoms with E-state index in [0.717, 1.165) is 43.5 Å². The molecule has 7 heteroatoms. The molecule has 23 heavy (non-hydrogen) atoms. The van der Waals surface area contributed by atoms with Crippen LogP contribution in [0.2, 0.25) is 10.0 Å². The van der Waals surface area contributed by atoms with Crippen LogP contribution in [0.4, 0.5) is 0 Å². The van der Waals surface area contributed by atoms with Crippen LogP contribution in [0.25, 0.3) is 6.08 Å². The maximum absolute atomic E-state index is 12.1. The van der Waals surface area contributed by atoms with E-state index in [-0.39, 0.29) is 5.91 Å². The average Bonchev–Trinajstić information content (AvgIpc) is 2.92. The Labute approximate surface area is 150 Å². The van der Waals surface area contributed by atoms with Crippen LogP contribution in [0.5, 0.6) is 0 Å². The molecule has 2 aliphatic heterocycles. The quantitative estimate of drug-likeness (QED) is 0.746. The number of likely N-dealkylation sites (N-methyl/N-ethyl adjacent to an activating group) is 1. The van der Waals surface area contributed by atoms with Gasteiger partial charge in [-0.05, 0) is 42.1 Å². The zero-order chi connectivity index (χ0) is 16.4. The molecule has 0 unspecified atom stereocenters. The number of carbonyl (C=O) groups excluding carboxylic acids is 1. The van der Waals surface area contributed by atoms with E-state index >= 15 is 0 Å². The van der Waals surface area contributed by atoms with Crippen molar-refractivity contribution in [1.82, 2.24) is 9.80 Å². The van der Waals surface area contributed by atoms with Crippen LogP contribution in [0.3, 0.4) is 0 Å². The molecule has 122 valence electrons. The molecule has 4 nitrogen and oxygen atoms in total. The highest BCUT2D eigenvalue weighted by Crippen LogP contribution is 2.32. The standard InChI is InChI=1S/C16H17Cl2N3OS/c1-2-20-5-7-21(8-6-20)16-19-15(22)14(23-16)10-11-3-4-12(17)13(18)9-11/h3-4,9-10H,2,5-8H2,1H3/b14-10-. The molecule has 0 aliphatic carbocycles. The minimum absolute atomic E-state index is 0.186. The smallest absolute Gasteiger partial charge is 0.286 e. The Kier molecular flexibility index (Phi) is 5.31. The summed E-state index contributed by atoms with van der Waals surface area (Å²) in [5.74, 6) is -0.186. The number of amides is 1. The predicted octanol–water partition coefficient (Wildman–Crippen LogP) is 3.60. The van der Waals surface area contributed by atoms with E-state index in [9.17, 15) is 4.79 Å². The Hall–Kier alpha value is -1.01. The van der Waals surface area contributed by atoms with Crippen LogP contribution >= 0.6 is 35.0 Å². The number of carbonyl (C=O) groups is 1. The zero-order valence-electron chi connectivity index (χ0n) is 12.8. The molecule has 0 radical (unpaired) electrons. The first-order valence-electron chi connectivity index (χ1n) is 7.51. The maximum Gasteiger partial charge on any atom is 0.286 e. The van der Waals surface area contributed by atoms with Gasteiger partial charge in [0.05, 0.1) is 15.0 Å². The number of hydrogen-bond donors (Lipinski definition) is 0. The van der Waals surface area contributed by atoms with Gasteiger partial charge in [0.25, 0.3) is 5.91 Å². The summed E-state index contributed by atoms with van der Waals surface area (Å²) in [5.41, 5.74) is 0.850. The predicted molar refractivity (Wildman–Crippen MR) is 98.2 cm³/mol. The lowest BCUT2D eigenvalue weighted by atomic mass is 10.2. The van der Waals surface area contributed by atoms with Gasteiger partial charge in [-0.15, -0.1) is 0 Å². The Bertz CT molecular complexity index is 682. The minimum atomic E-state index is -0.186. The lowest BCUT2D eigenvalue weighted by molar-refractivity contribution is -0.113. The van der Waals surface area contributed by atoms with Gasteiger partial charge in [0.15, 0.2) is 5.17 Å². The highest BCUT2D eigenvalue weighted by molar-refractivity contribution is 8.18. The summed E-state index contributed by atoms with van der Waals surface area (Å²) in [7, 11) is 0. The second-order valence-electron chi connectivity index (χ2n) is 5.41. The Morgan fingerprint density at radius 1 is 1.22 bits per heavy atom. The second kappa shape index (κ2) is 7.26. The molecule has 1 amide bonds. The van der Waals surface area contributed by atoms with Crippen LogP contribution in [0, 0.1) is 0 Å². The molecular weight excluding hydrogens is 353 g/mol. The van der Waals surface area contributed by atoms with Crippen molar-refractivity contribution in [3.63, 3.8) is 0 Å². The van der Waals surface area contributed by atoms with Gasteiger partial charge < -0.3 is 9.80 Å². The molecule has 0 aromatic heterocycles. The van der Waals surface area contributed by atoms with Crippen LogP contribution in [0.15, 0.2) is 28.1 Å². The number of rotatable bonds is 2. The average molecular weight is 370 g/mol. The number of benzene rings is 1. The van der Waals surface area contributed by atoms with Crippen molar-refractivity contribution in [2.45, 2.75) is 6.92 Å². The summed E-state index contributed by atoms with van der Waals surface area (Å²) >= 11 is 13.4. The van der Waals surface area contributed by atoms with Crippen molar-refractivity contribution in [2.24, 2.45) is 4.99 Å². The maximum atomic E-state index is 12.1. The second-order valence-corrected chi connectivity index (χ2v) is 7.23. The van der Waals surface area contributed by atoms with Crippen LogP contribution in [0.1, 0.15) is 12.5 Å². The van der Waals surface area contributed by atoms with Crippen LogP contribution in [-0.4, -0.2) is 53.6 Å². The van der Waals surface area contributed by atoms with E-state index in [1.54, 1.807) is 12.1 Å². The fourth-order valence-corrected chi connectivity index (χ4v) is 3.81. The van der Waals surface area contributed by atoms with Gasteiger partial charge in [-0.3, -0.25) is 4.79 Å². The van der Waals surface area contributed by atoms with Crippen molar-refractivity contribution in [3.05, 3.63) is 38.7 Å². The summed E-state index contributed by atoms with van der Waals surface area (Å²) in [6.45, 7) is 7.07. The van der Waals surface area contributed by atoms with E-state index in [1.165, 1.54) is 11.8 Å². The first-order chi connectivity index (χ1) is 11.1. The molecule has 0 saturated carbocycles. The Morgan fingerprint density at radius 2 is 1.96 bits per heavy atom. The molecule has 0 spiro atoms. The summed E-state index contributed by atoms with van der Waals surface area (Å²) in [6, 6.07) is 5.32. The van der Waals surface area contributed by atoms with Gasteiger partial charge in [0, 0.05) is 26.2 Å². The van der Waals surface area contributed by atoms with Crippen molar-refractivity contribution in [1.29, 1.82) is 0 Å². The molecule has 0 N–H and O–H groups in total. The summed E-state index contributed by atoms with van der Waals surface area (Å²) in [5, 5.41) is 1.79. The molecule has 1 aromatic rings. The Morgan fingerprint density at radius 3 is 2.61 bits per heavy atom. The molecule has 0 bridgehead atoms. The topological polar surface area (TPSA) is 35.9 Å². The lowest BCUT2D eigenvalue weighted by Gasteiger charge is -2.34. The Balaban J connectivity index is 1.70. The fraction of sp³-hybridized carbons (Fsp3) is 0.375. The van der Waals surface area contributed by atoms with E-state index < -0.39 is 0 Å². The van der Waals surface area contributed by atoms with Crippen molar-refractivity contribution >= 4 is 52.1 Å². The minimum Gasteiger partial charge on any atom is -0.348 e. The summed E-state index contributed by atoms with van der Waals surface area (Å²) < 4.78 is 0. The molecule has 0 atom stereocenters. The van der Waals surface area contributed by atoms with Crippen LogP contribution < -0.4 is 0 Å². The molecule has 2 aliphatic rings. The highest BCUT2D eigenvalue weighted by atomic mass is 35.5. The molecule has 2 heterocycles. The normalized spacial score (nSPS) is 21.2. The zero-order valence-corrected chi connectivity index (χ0v) is 15.1. The van der Waals surface area contributed by atoms with Gasteiger partial charge in [0.2, 0.25) is 0 Å². The third-order valence-corrected chi connectivity index (χ3v) is 5.72.